The number of carbonyl (C=O) groups excluding carboxylic acids is 2. The van der Waals surface area contributed by atoms with Crippen molar-refractivity contribution < 1.29 is 14.0 Å². The van der Waals surface area contributed by atoms with E-state index < -0.39 is 6.04 Å². The van der Waals surface area contributed by atoms with Gasteiger partial charge in [0.2, 0.25) is 11.8 Å². The number of likely N-dealkylation sites (N-methyl/N-ethyl adjacent to an activating group) is 1. The number of hydrogen-bond donors (Lipinski definition) is 0. The van der Waals surface area contributed by atoms with Gasteiger partial charge in [0.15, 0.2) is 0 Å². The van der Waals surface area contributed by atoms with E-state index in [1.807, 2.05) is 20.8 Å². The lowest BCUT2D eigenvalue weighted by Crippen LogP contribution is -2.59. The van der Waals surface area contributed by atoms with E-state index in [9.17, 15) is 14.0 Å². The topological polar surface area (TPSA) is 40.6 Å². The molecular weight excluding hydrogens is 295 g/mol. The molecule has 1 aromatic carbocycles. The van der Waals surface area contributed by atoms with Crippen LogP contribution < -0.4 is 0 Å². The van der Waals surface area contributed by atoms with Gasteiger partial charge in [-0.05, 0) is 43.4 Å². The molecule has 0 aliphatic carbocycles. The summed E-state index contributed by atoms with van der Waals surface area (Å²) < 4.78 is 13.4. The summed E-state index contributed by atoms with van der Waals surface area (Å²) in [6.45, 7) is 8.70. The van der Waals surface area contributed by atoms with Crippen LogP contribution in [0.25, 0.3) is 0 Å². The smallest absolute Gasteiger partial charge is 0.245 e. The highest BCUT2D eigenvalue weighted by Gasteiger charge is 2.38. The summed E-state index contributed by atoms with van der Waals surface area (Å²) in [5, 5.41) is 0. The first-order valence-corrected chi connectivity index (χ1v) is 8.16. The average Bonchev–Trinajstić information content (AvgIpc) is 2.49. The lowest BCUT2D eigenvalue weighted by molar-refractivity contribution is -0.157. The van der Waals surface area contributed by atoms with E-state index in [-0.39, 0.29) is 24.2 Å². The lowest BCUT2D eigenvalue weighted by Gasteiger charge is -2.40. The van der Waals surface area contributed by atoms with Gasteiger partial charge < -0.3 is 9.80 Å². The van der Waals surface area contributed by atoms with E-state index in [1.54, 1.807) is 28.9 Å². The van der Waals surface area contributed by atoms with Gasteiger partial charge in [-0.3, -0.25) is 9.59 Å². The second kappa shape index (κ2) is 7.11. The maximum atomic E-state index is 13.4. The third-order valence-electron chi connectivity index (χ3n) is 4.27. The van der Waals surface area contributed by atoms with Gasteiger partial charge in [0.05, 0.1) is 6.54 Å². The van der Waals surface area contributed by atoms with E-state index in [0.717, 1.165) is 5.56 Å². The second-order valence-corrected chi connectivity index (χ2v) is 6.60. The highest BCUT2D eigenvalue weighted by atomic mass is 19.1. The van der Waals surface area contributed by atoms with Crippen LogP contribution in [-0.2, 0) is 16.1 Å². The minimum absolute atomic E-state index is 0.0135. The Morgan fingerprint density at radius 1 is 1.30 bits per heavy atom. The molecule has 1 atom stereocenters. The van der Waals surface area contributed by atoms with Crippen molar-refractivity contribution >= 4 is 11.8 Å². The van der Waals surface area contributed by atoms with Gasteiger partial charge in [-0.2, -0.15) is 0 Å². The SMILES string of the molecule is CCN1CC(=O)N(Cc2ccc(F)c(C)c2)[C@@H](CC(C)C)C1=O. The number of piperazine rings is 1. The van der Waals surface area contributed by atoms with Crippen LogP contribution in [0, 0.1) is 18.7 Å². The van der Waals surface area contributed by atoms with Crippen LogP contribution in [0.5, 0.6) is 0 Å². The molecule has 1 aromatic rings. The van der Waals surface area contributed by atoms with Crippen LogP contribution in [-0.4, -0.2) is 40.7 Å². The van der Waals surface area contributed by atoms with E-state index >= 15 is 0 Å². The monoisotopic (exact) mass is 320 g/mol. The molecule has 0 spiro atoms. The Morgan fingerprint density at radius 3 is 2.57 bits per heavy atom. The maximum absolute atomic E-state index is 13.4. The molecule has 4 nitrogen and oxygen atoms in total. The number of halogens is 1. The van der Waals surface area contributed by atoms with Crippen LogP contribution in [0.3, 0.4) is 0 Å². The summed E-state index contributed by atoms with van der Waals surface area (Å²) in [6.07, 6.45) is 0.640. The van der Waals surface area contributed by atoms with Crippen molar-refractivity contribution in [3.05, 3.63) is 35.1 Å². The number of hydrogen-bond acceptors (Lipinski definition) is 2. The minimum Gasteiger partial charge on any atom is -0.332 e. The first-order valence-electron chi connectivity index (χ1n) is 8.16. The summed E-state index contributed by atoms with van der Waals surface area (Å²) in [5.74, 6) is 0.0235. The normalized spacial score (nSPS) is 19.0. The van der Waals surface area contributed by atoms with Crippen molar-refractivity contribution in [3.63, 3.8) is 0 Å². The Morgan fingerprint density at radius 2 is 2.00 bits per heavy atom. The van der Waals surface area contributed by atoms with E-state index in [1.165, 1.54) is 6.07 Å². The minimum atomic E-state index is -0.429. The number of rotatable bonds is 5. The van der Waals surface area contributed by atoms with Gasteiger partial charge in [-0.25, -0.2) is 4.39 Å². The molecule has 5 heteroatoms. The van der Waals surface area contributed by atoms with Crippen LogP contribution in [0.1, 0.15) is 38.3 Å². The molecule has 0 bridgehead atoms. The van der Waals surface area contributed by atoms with Crippen LogP contribution in [0.4, 0.5) is 4.39 Å². The predicted octanol–water partition coefficient (Wildman–Crippen LogP) is 2.74. The summed E-state index contributed by atoms with van der Waals surface area (Å²) >= 11 is 0. The Kier molecular flexibility index (Phi) is 5.39. The molecule has 126 valence electrons. The fourth-order valence-electron chi connectivity index (χ4n) is 2.99. The predicted molar refractivity (Wildman–Crippen MR) is 87.2 cm³/mol. The number of aryl methyl sites for hydroxylation is 1. The van der Waals surface area contributed by atoms with Crippen molar-refractivity contribution in [2.75, 3.05) is 13.1 Å². The molecule has 2 rings (SSSR count). The molecule has 1 aliphatic heterocycles. The first-order chi connectivity index (χ1) is 10.8. The fourth-order valence-corrected chi connectivity index (χ4v) is 2.99. The Labute approximate surface area is 137 Å². The molecule has 0 aromatic heterocycles. The van der Waals surface area contributed by atoms with E-state index in [2.05, 4.69) is 0 Å². The van der Waals surface area contributed by atoms with E-state index in [0.29, 0.717) is 31.0 Å². The molecule has 0 N–H and O–H groups in total. The molecule has 1 heterocycles. The molecular formula is C18H25FN2O2. The lowest BCUT2D eigenvalue weighted by atomic mass is 9.98. The van der Waals surface area contributed by atoms with E-state index in [4.69, 9.17) is 0 Å². The summed E-state index contributed by atoms with van der Waals surface area (Å²) in [6, 6.07) is 4.41. The highest BCUT2D eigenvalue weighted by Crippen LogP contribution is 2.22. The molecule has 0 saturated carbocycles. The first kappa shape index (κ1) is 17.4. The molecule has 1 aliphatic rings. The third kappa shape index (κ3) is 3.89. The summed E-state index contributed by atoms with van der Waals surface area (Å²) in [7, 11) is 0. The zero-order valence-corrected chi connectivity index (χ0v) is 14.3. The maximum Gasteiger partial charge on any atom is 0.245 e. The summed E-state index contributed by atoms with van der Waals surface area (Å²) in [4.78, 5) is 28.4. The quantitative estimate of drug-likeness (QED) is 0.837. The largest absolute Gasteiger partial charge is 0.332 e. The molecule has 0 radical (unpaired) electrons. The van der Waals surface area contributed by atoms with Gasteiger partial charge in [0, 0.05) is 13.1 Å². The third-order valence-corrected chi connectivity index (χ3v) is 4.27. The van der Waals surface area contributed by atoms with Gasteiger partial charge in [0.25, 0.3) is 0 Å². The van der Waals surface area contributed by atoms with Crippen LogP contribution in [0.2, 0.25) is 0 Å². The van der Waals surface area contributed by atoms with Crippen molar-refractivity contribution in [2.24, 2.45) is 5.92 Å². The Balaban J connectivity index is 2.26. The standard InChI is InChI=1S/C18H25FN2O2/c1-5-20-11-17(22)21(16(18(20)23)8-12(2)3)10-14-6-7-15(19)13(4)9-14/h6-7,9,12,16H,5,8,10-11H2,1-4H3/t16-/m0/s1. The summed E-state index contributed by atoms with van der Waals surface area (Å²) in [5.41, 5.74) is 1.40. The molecule has 0 unspecified atom stereocenters. The van der Waals surface area contributed by atoms with Crippen molar-refractivity contribution in [3.8, 4) is 0 Å². The van der Waals surface area contributed by atoms with Crippen molar-refractivity contribution in [1.82, 2.24) is 9.80 Å². The van der Waals surface area contributed by atoms with Crippen LogP contribution >= 0.6 is 0 Å². The average molecular weight is 320 g/mol. The molecule has 1 fully saturated rings. The second-order valence-electron chi connectivity index (χ2n) is 6.60. The molecule has 23 heavy (non-hydrogen) atoms. The van der Waals surface area contributed by atoms with Gasteiger partial charge >= 0.3 is 0 Å². The fraction of sp³-hybridized carbons (Fsp3) is 0.556. The Hall–Kier alpha value is -1.91. The molecule has 2 amide bonds. The number of nitrogens with zero attached hydrogens (tertiary/aromatic N) is 2. The molecule has 1 saturated heterocycles. The van der Waals surface area contributed by atoms with Crippen LogP contribution in [0.15, 0.2) is 18.2 Å². The number of benzene rings is 1. The van der Waals surface area contributed by atoms with Crippen molar-refractivity contribution in [1.29, 1.82) is 0 Å². The zero-order chi connectivity index (χ0) is 17.1. The van der Waals surface area contributed by atoms with Gasteiger partial charge in [-0.1, -0.05) is 26.0 Å². The highest BCUT2D eigenvalue weighted by molar-refractivity contribution is 5.94. The number of carbonyl (C=O) groups is 2. The van der Waals surface area contributed by atoms with Gasteiger partial charge in [0.1, 0.15) is 11.9 Å². The zero-order valence-electron chi connectivity index (χ0n) is 14.3. The van der Waals surface area contributed by atoms with Crippen molar-refractivity contribution in [2.45, 2.75) is 46.7 Å². The Bertz CT molecular complexity index is 601. The number of amides is 2. The van der Waals surface area contributed by atoms with Gasteiger partial charge in [-0.15, -0.1) is 0 Å².